The summed E-state index contributed by atoms with van der Waals surface area (Å²) < 4.78 is 16.1. The second kappa shape index (κ2) is 8.64. The average Bonchev–Trinajstić information content (AvgIpc) is 2.62. The maximum absolute atomic E-state index is 12.1. The zero-order valence-corrected chi connectivity index (χ0v) is 14.3. The maximum atomic E-state index is 12.1. The van der Waals surface area contributed by atoms with Gasteiger partial charge in [-0.3, -0.25) is 4.79 Å². The molecular formula is C19H21NO6. The third-order valence-electron chi connectivity index (χ3n) is 4.01. The molecule has 26 heavy (non-hydrogen) atoms. The van der Waals surface area contributed by atoms with Crippen molar-refractivity contribution < 1.29 is 23.8 Å². The number of ether oxygens (including phenoxy) is 2. The zero-order valence-electron chi connectivity index (χ0n) is 14.3. The number of hydrogen-bond acceptors (Lipinski definition) is 6. The van der Waals surface area contributed by atoms with Crippen molar-refractivity contribution >= 4 is 11.6 Å². The molecule has 7 nitrogen and oxygen atoms in total. The second-order valence-corrected chi connectivity index (χ2v) is 6.16. The van der Waals surface area contributed by atoms with Gasteiger partial charge in [0, 0.05) is 18.4 Å². The molecule has 0 aliphatic carbocycles. The summed E-state index contributed by atoms with van der Waals surface area (Å²) in [6.07, 6.45) is 3.45. The fraction of sp³-hybridized carbons (Fsp3) is 0.368. The van der Waals surface area contributed by atoms with Gasteiger partial charge in [-0.25, -0.2) is 4.79 Å². The van der Waals surface area contributed by atoms with Crippen LogP contribution in [0.25, 0.3) is 0 Å². The molecule has 2 aromatic rings. The van der Waals surface area contributed by atoms with E-state index in [4.69, 9.17) is 13.9 Å². The number of carbonyl (C=O) groups excluding carboxylic acids is 1. The molecule has 3 rings (SSSR count). The largest absolute Gasteiger partial charge is 0.508 e. The summed E-state index contributed by atoms with van der Waals surface area (Å²) in [5.41, 5.74) is 0.647. The topological polar surface area (TPSA) is 98.0 Å². The normalized spacial score (nSPS) is 17.0. The summed E-state index contributed by atoms with van der Waals surface area (Å²) >= 11 is 0. The maximum Gasteiger partial charge on any atom is 0.340 e. The van der Waals surface area contributed by atoms with Crippen molar-refractivity contribution in [3.8, 4) is 5.75 Å². The molecule has 1 amide bonds. The summed E-state index contributed by atoms with van der Waals surface area (Å²) in [5.74, 6) is -1.20. The van der Waals surface area contributed by atoms with Gasteiger partial charge >= 0.3 is 5.63 Å². The average molecular weight is 359 g/mol. The van der Waals surface area contributed by atoms with Gasteiger partial charge in [-0.15, -0.1) is 0 Å². The van der Waals surface area contributed by atoms with E-state index in [-0.39, 0.29) is 17.6 Å². The quantitative estimate of drug-likeness (QED) is 0.823. The highest BCUT2D eigenvalue weighted by molar-refractivity contribution is 6.02. The number of benzene rings is 1. The molecule has 1 aromatic heterocycles. The molecule has 2 N–H and O–H groups in total. The van der Waals surface area contributed by atoms with Crippen molar-refractivity contribution in [1.29, 1.82) is 0 Å². The molecule has 0 saturated carbocycles. The summed E-state index contributed by atoms with van der Waals surface area (Å²) in [5, 5.41) is 12.0. The van der Waals surface area contributed by atoms with E-state index >= 15 is 0 Å². The van der Waals surface area contributed by atoms with E-state index < -0.39 is 11.5 Å². The monoisotopic (exact) mass is 359 g/mol. The van der Waals surface area contributed by atoms with Crippen LogP contribution in [0.3, 0.4) is 0 Å². The lowest BCUT2D eigenvalue weighted by Gasteiger charge is -2.22. The van der Waals surface area contributed by atoms with Crippen LogP contribution in [-0.2, 0) is 16.1 Å². The van der Waals surface area contributed by atoms with Crippen molar-refractivity contribution in [1.82, 2.24) is 0 Å². The van der Waals surface area contributed by atoms with Gasteiger partial charge in [-0.2, -0.15) is 0 Å². The Kier molecular flexibility index (Phi) is 6.04. The van der Waals surface area contributed by atoms with Gasteiger partial charge in [0.15, 0.2) is 5.76 Å². The minimum absolute atomic E-state index is 0.153. The molecule has 1 atom stereocenters. The van der Waals surface area contributed by atoms with Gasteiger partial charge in [0.1, 0.15) is 5.75 Å². The molecule has 1 fully saturated rings. The molecule has 1 saturated heterocycles. The number of rotatable bonds is 6. The Morgan fingerprint density at radius 3 is 2.92 bits per heavy atom. The molecular weight excluding hydrogens is 338 g/mol. The van der Waals surface area contributed by atoms with Crippen molar-refractivity contribution in [3.63, 3.8) is 0 Å². The van der Waals surface area contributed by atoms with Crippen LogP contribution in [0.2, 0.25) is 0 Å². The predicted molar refractivity (Wildman–Crippen MR) is 94.3 cm³/mol. The van der Waals surface area contributed by atoms with Gasteiger partial charge < -0.3 is 24.3 Å². The Morgan fingerprint density at radius 2 is 2.15 bits per heavy atom. The minimum Gasteiger partial charge on any atom is -0.508 e. The highest BCUT2D eigenvalue weighted by atomic mass is 16.5. The lowest BCUT2D eigenvalue weighted by atomic mass is 10.1. The lowest BCUT2D eigenvalue weighted by Crippen LogP contribution is -2.24. The van der Waals surface area contributed by atoms with Crippen LogP contribution in [0, 0.1) is 0 Å². The third kappa shape index (κ3) is 5.18. The van der Waals surface area contributed by atoms with Gasteiger partial charge in [0.05, 0.1) is 25.4 Å². The predicted octanol–water partition coefficient (Wildman–Crippen LogP) is 2.68. The molecule has 0 bridgehead atoms. The van der Waals surface area contributed by atoms with E-state index in [1.54, 1.807) is 18.2 Å². The van der Waals surface area contributed by atoms with Crippen molar-refractivity contribution in [2.24, 2.45) is 0 Å². The minimum atomic E-state index is -0.790. The van der Waals surface area contributed by atoms with Crippen LogP contribution in [-0.4, -0.2) is 30.3 Å². The number of amides is 1. The van der Waals surface area contributed by atoms with E-state index in [9.17, 15) is 14.7 Å². The molecule has 0 spiro atoms. The first-order valence-electron chi connectivity index (χ1n) is 8.54. The highest BCUT2D eigenvalue weighted by Gasteiger charge is 2.14. The van der Waals surface area contributed by atoms with Gasteiger partial charge in [-0.1, -0.05) is 12.1 Å². The third-order valence-corrected chi connectivity index (χ3v) is 4.01. The van der Waals surface area contributed by atoms with E-state index in [1.807, 2.05) is 6.07 Å². The van der Waals surface area contributed by atoms with Gasteiger partial charge in [-0.05, 0) is 37.0 Å². The number of hydrogen-bond donors (Lipinski definition) is 2. The zero-order chi connectivity index (χ0) is 18.4. The first-order chi connectivity index (χ1) is 12.6. The first kappa shape index (κ1) is 18.2. The highest BCUT2D eigenvalue weighted by Crippen LogP contribution is 2.16. The summed E-state index contributed by atoms with van der Waals surface area (Å²) in [4.78, 5) is 23.4. The lowest BCUT2D eigenvalue weighted by molar-refractivity contribution is -0.0447. The van der Waals surface area contributed by atoms with Crippen LogP contribution in [0.4, 0.5) is 5.69 Å². The van der Waals surface area contributed by atoms with Crippen molar-refractivity contribution in [2.45, 2.75) is 32.0 Å². The summed E-state index contributed by atoms with van der Waals surface area (Å²) in [6, 6.07) is 9.17. The van der Waals surface area contributed by atoms with Crippen LogP contribution in [0.15, 0.2) is 45.6 Å². The number of carbonyl (C=O) groups is 1. The van der Waals surface area contributed by atoms with E-state index in [2.05, 4.69) is 5.32 Å². The molecule has 2 heterocycles. The Labute approximate surface area is 150 Å². The van der Waals surface area contributed by atoms with E-state index in [1.165, 1.54) is 6.42 Å². The molecule has 7 heteroatoms. The van der Waals surface area contributed by atoms with E-state index in [0.717, 1.165) is 37.1 Å². The molecule has 0 radical (unpaired) electrons. The second-order valence-electron chi connectivity index (χ2n) is 6.16. The van der Waals surface area contributed by atoms with Crippen LogP contribution >= 0.6 is 0 Å². The standard InChI is InChI=1S/C19H21NO6/c21-15-9-17(26-18(22)10-15)19(23)20-14-5-3-4-13(8-14)11-24-12-16-6-1-2-7-25-16/h3-5,8-10,16,21H,1-2,6-7,11-12H2,(H,20,23). The molecule has 1 unspecified atom stereocenters. The Morgan fingerprint density at radius 1 is 1.27 bits per heavy atom. The SMILES string of the molecule is O=C(Nc1cccc(COCC2CCCCO2)c1)c1cc(O)cc(=O)o1. The van der Waals surface area contributed by atoms with Crippen LogP contribution in [0.1, 0.15) is 35.4 Å². The molecule has 1 aliphatic heterocycles. The first-order valence-corrected chi connectivity index (χ1v) is 8.54. The smallest absolute Gasteiger partial charge is 0.340 e. The van der Waals surface area contributed by atoms with Crippen molar-refractivity contribution in [2.75, 3.05) is 18.5 Å². The fourth-order valence-electron chi connectivity index (χ4n) is 2.75. The summed E-state index contributed by atoms with van der Waals surface area (Å²) in [6.45, 7) is 1.75. The fourth-order valence-corrected chi connectivity index (χ4v) is 2.75. The Bertz CT molecular complexity index is 810. The molecule has 1 aliphatic rings. The number of nitrogens with one attached hydrogen (secondary N) is 1. The van der Waals surface area contributed by atoms with Crippen LogP contribution < -0.4 is 10.9 Å². The van der Waals surface area contributed by atoms with Crippen LogP contribution in [0.5, 0.6) is 5.75 Å². The number of anilines is 1. The van der Waals surface area contributed by atoms with E-state index in [0.29, 0.717) is 18.9 Å². The Hall–Kier alpha value is -2.64. The molecule has 1 aromatic carbocycles. The molecule has 138 valence electrons. The van der Waals surface area contributed by atoms with Crippen molar-refractivity contribution in [3.05, 3.63) is 58.1 Å². The Balaban J connectivity index is 1.56. The van der Waals surface area contributed by atoms with Gasteiger partial charge in [0.25, 0.3) is 5.91 Å². The van der Waals surface area contributed by atoms with Gasteiger partial charge in [0.2, 0.25) is 0 Å². The number of aromatic hydroxyl groups is 1. The summed E-state index contributed by atoms with van der Waals surface area (Å²) in [7, 11) is 0.